The third kappa shape index (κ3) is 5.27. The molecule has 1 aliphatic heterocycles. The van der Waals surface area contributed by atoms with E-state index >= 15 is 0 Å². The maximum Gasteiger partial charge on any atom is 0.154 e. The first-order valence-corrected chi connectivity index (χ1v) is 8.43. The van der Waals surface area contributed by atoms with E-state index in [1.807, 2.05) is 16.9 Å². The fraction of sp³-hybridized carbons (Fsp3) is 0.375. The van der Waals surface area contributed by atoms with Gasteiger partial charge in [0.2, 0.25) is 0 Å². The third-order valence-corrected chi connectivity index (χ3v) is 4.47. The number of aliphatic imine (C=N–C) groups is 1. The van der Waals surface area contributed by atoms with Crippen molar-refractivity contribution in [2.45, 2.75) is 24.7 Å². The number of benzene rings is 1. The van der Waals surface area contributed by atoms with E-state index in [-0.39, 0.29) is 18.5 Å². The van der Waals surface area contributed by atoms with Gasteiger partial charge < -0.3 is 10.5 Å². The molecular weight excluding hydrogens is 332 g/mol. The molecule has 0 spiro atoms. The van der Waals surface area contributed by atoms with Gasteiger partial charge >= 0.3 is 0 Å². The van der Waals surface area contributed by atoms with E-state index in [9.17, 15) is 0 Å². The molecule has 2 aromatic rings. The largest absolute Gasteiger partial charge is 0.379 e. The molecule has 1 atom stereocenters. The molecule has 0 bridgehead atoms. The normalized spacial score (nSPS) is 17.9. The number of nitrogens with two attached hydrogens (primary N) is 1. The van der Waals surface area contributed by atoms with Gasteiger partial charge in [0.25, 0.3) is 0 Å². The average molecular weight is 353 g/mol. The summed E-state index contributed by atoms with van der Waals surface area (Å²) < 4.78 is 7.38. The monoisotopic (exact) mass is 352 g/mol. The summed E-state index contributed by atoms with van der Waals surface area (Å²) in [4.78, 5) is 4.40. The summed E-state index contributed by atoms with van der Waals surface area (Å²) in [6, 6.07) is 10.2. The molecule has 1 aromatic carbocycles. The predicted molar refractivity (Wildman–Crippen MR) is 97.6 cm³/mol. The second-order valence-corrected chi connectivity index (χ2v) is 6.22. The number of thioether (sulfide) groups is 1. The topological polar surface area (TPSA) is 65.4 Å². The minimum atomic E-state index is 0. The highest BCUT2D eigenvalue weighted by atomic mass is 35.5. The summed E-state index contributed by atoms with van der Waals surface area (Å²) in [6.07, 6.45) is 6.19. The molecule has 0 radical (unpaired) electrons. The molecule has 1 saturated heterocycles. The maximum atomic E-state index is 5.95. The minimum absolute atomic E-state index is 0. The highest BCUT2D eigenvalue weighted by Gasteiger charge is 2.14. The van der Waals surface area contributed by atoms with Crippen LogP contribution in [-0.2, 0) is 10.5 Å². The van der Waals surface area contributed by atoms with E-state index in [1.165, 1.54) is 5.56 Å². The molecule has 1 aromatic heterocycles. The highest BCUT2D eigenvalue weighted by molar-refractivity contribution is 8.13. The Bertz CT molecular complexity index is 610. The number of nitrogens with zero attached hydrogens (tertiary/aromatic N) is 3. The molecule has 1 fully saturated rings. The fourth-order valence-corrected chi connectivity index (χ4v) is 3.02. The maximum absolute atomic E-state index is 5.95. The Hall–Kier alpha value is -1.50. The Morgan fingerprint density at radius 1 is 1.39 bits per heavy atom. The van der Waals surface area contributed by atoms with Crippen molar-refractivity contribution in [2.75, 3.05) is 13.2 Å². The zero-order chi connectivity index (χ0) is 15.2. The number of rotatable bonds is 5. The van der Waals surface area contributed by atoms with Gasteiger partial charge in [0.15, 0.2) is 5.17 Å². The quantitative estimate of drug-likeness (QED) is 0.663. The molecule has 0 saturated carbocycles. The van der Waals surface area contributed by atoms with Gasteiger partial charge in [-0.3, -0.25) is 4.99 Å². The second-order valence-electron chi connectivity index (χ2n) is 5.22. The van der Waals surface area contributed by atoms with Crippen LogP contribution < -0.4 is 5.73 Å². The number of amidine groups is 1. The summed E-state index contributed by atoms with van der Waals surface area (Å²) in [6.45, 7) is 1.53. The molecule has 2 N–H and O–H groups in total. The van der Waals surface area contributed by atoms with Crippen molar-refractivity contribution >= 4 is 29.3 Å². The molecule has 1 unspecified atom stereocenters. The minimum Gasteiger partial charge on any atom is -0.379 e. The summed E-state index contributed by atoms with van der Waals surface area (Å²) in [7, 11) is 0. The van der Waals surface area contributed by atoms with Crippen LogP contribution in [0.1, 0.15) is 18.4 Å². The van der Waals surface area contributed by atoms with Crippen LogP contribution in [0.15, 0.2) is 47.7 Å². The first-order chi connectivity index (χ1) is 10.8. The van der Waals surface area contributed by atoms with Crippen LogP contribution >= 0.6 is 24.2 Å². The highest BCUT2D eigenvalue weighted by Crippen LogP contribution is 2.16. The van der Waals surface area contributed by atoms with Crippen LogP contribution in [0.25, 0.3) is 5.69 Å². The molecule has 0 aliphatic carbocycles. The number of aromatic nitrogens is 2. The molecule has 7 heteroatoms. The molecular formula is C16H21ClN4OS. The summed E-state index contributed by atoms with van der Waals surface area (Å²) in [5.74, 6) is 0.820. The van der Waals surface area contributed by atoms with E-state index in [0.29, 0.717) is 11.7 Å². The average Bonchev–Trinajstić information content (AvgIpc) is 3.24. The van der Waals surface area contributed by atoms with Gasteiger partial charge in [-0.2, -0.15) is 5.10 Å². The van der Waals surface area contributed by atoms with Crippen LogP contribution in [0, 0.1) is 0 Å². The first kappa shape index (κ1) is 17.8. The Labute approximate surface area is 146 Å². The predicted octanol–water partition coefficient (Wildman–Crippen LogP) is 3.02. The Balaban J connectivity index is 0.00000192. The van der Waals surface area contributed by atoms with Gasteiger partial charge in [0.05, 0.1) is 18.3 Å². The fourth-order valence-electron chi connectivity index (χ4n) is 2.35. The Morgan fingerprint density at radius 2 is 2.22 bits per heavy atom. The standard InChI is InChI=1S/C16H20N4OS.ClH/c17-16(18-11-15-3-1-10-21-15)22-12-13-4-6-14(7-5-13)20-9-2-8-19-20;/h2,4-9,15H,1,3,10-12H2,(H2,17,18);1H. The molecule has 23 heavy (non-hydrogen) atoms. The zero-order valence-electron chi connectivity index (χ0n) is 12.8. The van der Waals surface area contributed by atoms with Crippen LogP contribution in [0.3, 0.4) is 0 Å². The van der Waals surface area contributed by atoms with Gasteiger partial charge in [-0.05, 0) is 36.6 Å². The molecule has 3 rings (SSSR count). The molecule has 124 valence electrons. The van der Waals surface area contributed by atoms with Crippen LogP contribution in [0.4, 0.5) is 0 Å². The van der Waals surface area contributed by atoms with Crippen LogP contribution in [-0.4, -0.2) is 34.2 Å². The zero-order valence-corrected chi connectivity index (χ0v) is 14.4. The van der Waals surface area contributed by atoms with Crippen molar-refractivity contribution in [3.8, 4) is 5.69 Å². The Morgan fingerprint density at radius 3 is 2.87 bits per heavy atom. The van der Waals surface area contributed by atoms with Crippen LogP contribution in [0.2, 0.25) is 0 Å². The van der Waals surface area contributed by atoms with E-state index in [2.05, 4.69) is 34.4 Å². The summed E-state index contributed by atoms with van der Waals surface area (Å²) >= 11 is 1.57. The van der Waals surface area contributed by atoms with Crippen molar-refractivity contribution in [2.24, 2.45) is 10.7 Å². The lowest BCUT2D eigenvalue weighted by atomic mass is 10.2. The molecule has 0 amide bonds. The van der Waals surface area contributed by atoms with Crippen molar-refractivity contribution in [1.29, 1.82) is 0 Å². The number of ether oxygens (including phenoxy) is 1. The van der Waals surface area contributed by atoms with Gasteiger partial charge in [-0.25, -0.2) is 4.68 Å². The van der Waals surface area contributed by atoms with Gasteiger partial charge in [-0.1, -0.05) is 23.9 Å². The van der Waals surface area contributed by atoms with Gasteiger partial charge in [0.1, 0.15) is 0 Å². The van der Waals surface area contributed by atoms with Gasteiger partial charge in [-0.15, -0.1) is 12.4 Å². The van der Waals surface area contributed by atoms with Gasteiger partial charge in [0, 0.05) is 24.8 Å². The van der Waals surface area contributed by atoms with Crippen LogP contribution in [0.5, 0.6) is 0 Å². The Kier molecular flexibility index (Phi) is 6.95. The van der Waals surface area contributed by atoms with Crippen molar-refractivity contribution in [3.05, 3.63) is 48.3 Å². The van der Waals surface area contributed by atoms with Crippen molar-refractivity contribution in [3.63, 3.8) is 0 Å². The second kappa shape index (κ2) is 8.96. The molecule has 2 heterocycles. The number of hydrogen-bond donors (Lipinski definition) is 1. The van der Waals surface area contributed by atoms with E-state index < -0.39 is 0 Å². The number of hydrogen-bond acceptors (Lipinski definition) is 4. The smallest absolute Gasteiger partial charge is 0.154 e. The molecule has 5 nitrogen and oxygen atoms in total. The van der Waals surface area contributed by atoms with Crippen molar-refractivity contribution < 1.29 is 4.74 Å². The SMILES string of the molecule is Cl.NC(=NCC1CCCO1)SCc1ccc(-n2cccn2)cc1. The molecule has 1 aliphatic rings. The first-order valence-electron chi connectivity index (χ1n) is 7.44. The lowest BCUT2D eigenvalue weighted by Gasteiger charge is -2.07. The lowest BCUT2D eigenvalue weighted by Crippen LogP contribution is -2.14. The summed E-state index contributed by atoms with van der Waals surface area (Å²) in [5.41, 5.74) is 8.22. The third-order valence-electron chi connectivity index (χ3n) is 3.57. The van der Waals surface area contributed by atoms with Crippen molar-refractivity contribution in [1.82, 2.24) is 9.78 Å². The van der Waals surface area contributed by atoms with E-state index in [4.69, 9.17) is 10.5 Å². The van der Waals surface area contributed by atoms with E-state index in [0.717, 1.165) is 30.9 Å². The van der Waals surface area contributed by atoms with E-state index in [1.54, 1.807) is 18.0 Å². The summed E-state index contributed by atoms with van der Waals surface area (Å²) in [5, 5.41) is 4.84. The number of halogens is 1. The lowest BCUT2D eigenvalue weighted by molar-refractivity contribution is 0.118.